The summed E-state index contributed by atoms with van der Waals surface area (Å²) in [7, 11) is 0. The van der Waals surface area contributed by atoms with E-state index in [9.17, 15) is 14.0 Å². The maximum atomic E-state index is 14.1. The number of fused-ring (bicyclic) bond motifs is 1. The van der Waals surface area contributed by atoms with Gasteiger partial charge in [-0.3, -0.25) is 9.36 Å². The van der Waals surface area contributed by atoms with Crippen LogP contribution < -0.4 is 17.0 Å². The van der Waals surface area contributed by atoms with Gasteiger partial charge in [0.25, 0.3) is 5.56 Å². The molecule has 3 N–H and O–H groups in total. The molecule has 0 bridgehead atoms. The summed E-state index contributed by atoms with van der Waals surface area (Å²) in [5, 5.41) is 2.57. The Hall–Kier alpha value is -3.69. The highest BCUT2D eigenvalue weighted by molar-refractivity contribution is 7.13. The number of benzene rings is 2. The highest BCUT2D eigenvalue weighted by Crippen LogP contribution is 2.28. The number of halogens is 2. The second-order valence-corrected chi connectivity index (χ2v) is 8.41. The lowest BCUT2D eigenvalue weighted by Crippen LogP contribution is -2.34. The summed E-state index contributed by atoms with van der Waals surface area (Å²) < 4.78 is 16.6. The Morgan fingerprint density at radius 1 is 1.12 bits per heavy atom. The molecule has 3 heterocycles. The molecule has 0 unspecified atom stereocenters. The number of rotatable bonds is 3. The molecule has 32 heavy (non-hydrogen) atoms. The third-order valence-corrected chi connectivity index (χ3v) is 6.18. The van der Waals surface area contributed by atoms with Crippen LogP contribution in [0.3, 0.4) is 0 Å². The van der Waals surface area contributed by atoms with E-state index < -0.39 is 17.1 Å². The fourth-order valence-corrected chi connectivity index (χ4v) is 4.53. The zero-order chi connectivity index (χ0) is 22.6. The van der Waals surface area contributed by atoms with Crippen molar-refractivity contribution in [2.24, 2.45) is 0 Å². The van der Waals surface area contributed by atoms with Crippen molar-refractivity contribution in [3.05, 3.63) is 91.3 Å². The predicted octanol–water partition coefficient (Wildman–Crippen LogP) is 4.28. The zero-order valence-corrected chi connectivity index (χ0v) is 18.2. The minimum atomic E-state index is -0.679. The normalized spacial score (nSPS) is 11.3. The van der Waals surface area contributed by atoms with E-state index in [2.05, 4.69) is 9.97 Å². The van der Waals surface area contributed by atoms with Crippen LogP contribution in [0.15, 0.2) is 63.5 Å². The molecule has 0 atom stereocenters. The first-order valence-corrected chi connectivity index (χ1v) is 10.7. The number of thiazole rings is 1. The average molecular weight is 468 g/mol. The molecule has 0 spiro atoms. The highest BCUT2D eigenvalue weighted by atomic mass is 35.5. The van der Waals surface area contributed by atoms with Crippen molar-refractivity contribution >= 4 is 39.1 Å². The molecule has 2 aromatic carbocycles. The third-order valence-electron chi connectivity index (χ3n) is 5.23. The number of nitrogen functional groups attached to an aromatic ring is 1. The van der Waals surface area contributed by atoms with Gasteiger partial charge in [0.1, 0.15) is 16.5 Å². The number of hydrogen-bond acceptors (Lipinski definition) is 5. The molecule has 5 aromatic rings. The maximum absolute atomic E-state index is 14.1. The van der Waals surface area contributed by atoms with Gasteiger partial charge in [-0.15, -0.1) is 11.3 Å². The van der Waals surface area contributed by atoms with Crippen molar-refractivity contribution in [3.63, 3.8) is 0 Å². The summed E-state index contributed by atoms with van der Waals surface area (Å²) in [5.74, 6) is -0.513. The van der Waals surface area contributed by atoms with E-state index in [0.29, 0.717) is 10.8 Å². The van der Waals surface area contributed by atoms with E-state index in [4.69, 9.17) is 17.3 Å². The average Bonchev–Trinajstić information content (AvgIpc) is 3.34. The first-order chi connectivity index (χ1) is 15.3. The van der Waals surface area contributed by atoms with Gasteiger partial charge in [0.15, 0.2) is 5.13 Å². The van der Waals surface area contributed by atoms with Gasteiger partial charge >= 0.3 is 5.69 Å². The van der Waals surface area contributed by atoms with Crippen molar-refractivity contribution in [2.75, 3.05) is 5.73 Å². The van der Waals surface area contributed by atoms with Gasteiger partial charge in [0, 0.05) is 22.2 Å². The SMILES string of the molecule is Cc1c(F)cccc1-n1c(=O)[nH]c2cc(Cl)n(-c3ccc(-c4csc(N)n4)cc3)c2c1=O. The number of nitrogens with two attached hydrogens (primary N) is 1. The molecular formula is C22H15ClFN5O2S. The Kier molecular flexibility index (Phi) is 4.72. The van der Waals surface area contributed by atoms with Crippen molar-refractivity contribution in [1.29, 1.82) is 0 Å². The predicted molar refractivity (Wildman–Crippen MR) is 125 cm³/mol. The van der Waals surface area contributed by atoms with Crippen molar-refractivity contribution in [1.82, 2.24) is 19.1 Å². The second kappa shape index (κ2) is 7.47. The molecule has 160 valence electrons. The fraction of sp³-hybridized carbons (Fsp3) is 0.0455. The highest BCUT2D eigenvalue weighted by Gasteiger charge is 2.19. The van der Waals surface area contributed by atoms with E-state index >= 15 is 0 Å². The van der Waals surface area contributed by atoms with Crippen LogP contribution in [-0.2, 0) is 0 Å². The smallest absolute Gasteiger partial charge is 0.333 e. The lowest BCUT2D eigenvalue weighted by molar-refractivity contribution is 0.616. The van der Waals surface area contributed by atoms with Crippen molar-refractivity contribution in [3.8, 4) is 22.6 Å². The van der Waals surface area contributed by atoms with Crippen LogP contribution in [0.1, 0.15) is 5.56 Å². The number of aromatic amines is 1. The summed E-state index contributed by atoms with van der Waals surface area (Å²) >= 11 is 7.79. The minimum Gasteiger partial charge on any atom is -0.375 e. The van der Waals surface area contributed by atoms with Crippen LogP contribution >= 0.6 is 22.9 Å². The molecule has 10 heteroatoms. The number of anilines is 1. The topological polar surface area (TPSA) is 98.7 Å². The lowest BCUT2D eigenvalue weighted by Gasteiger charge is -2.11. The van der Waals surface area contributed by atoms with Crippen LogP contribution in [0.5, 0.6) is 0 Å². The van der Waals surface area contributed by atoms with Gasteiger partial charge in [-0.1, -0.05) is 29.8 Å². The van der Waals surface area contributed by atoms with E-state index in [1.54, 1.807) is 16.7 Å². The lowest BCUT2D eigenvalue weighted by atomic mass is 10.1. The molecule has 0 saturated carbocycles. The van der Waals surface area contributed by atoms with E-state index in [1.165, 1.54) is 42.5 Å². The van der Waals surface area contributed by atoms with Gasteiger partial charge in [-0.05, 0) is 37.3 Å². The van der Waals surface area contributed by atoms with Crippen LogP contribution in [0.4, 0.5) is 9.52 Å². The van der Waals surface area contributed by atoms with E-state index in [0.717, 1.165) is 15.8 Å². The first-order valence-electron chi connectivity index (χ1n) is 9.48. The van der Waals surface area contributed by atoms with Gasteiger partial charge in [-0.25, -0.2) is 18.7 Å². The summed E-state index contributed by atoms with van der Waals surface area (Å²) in [6.45, 7) is 1.51. The Bertz CT molecular complexity index is 1610. The van der Waals surface area contributed by atoms with Gasteiger partial charge < -0.3 is 10.7 Å². The van der Waals surface area contributed by atoms with Crippen LogP contribution in [0.2, 0.25) is 5.15 Å². The van der Waals surface area contributed by atoms with Crippen LogP contribution in [-0.4, -0.2) is 19.1 Å². The van der Waals surface area contributed by atoms with Crippen molar-refractivity contribution in [2.45, 2.75) is 6.92 Å². The second-order valence-electron chi connectivity index (χ2n) is 7.14. The molecule has 5 rings (SSSR count). The van der Waals surface area contributed by atoms with Gasteiger partial charge in [-0.2, -0.15) is 0 Å². The Balaban J connectivity index is 1.73. The first kappa shape index (κ1) is 20.2. The van der Waals surface area contributed by atoms with E-state index in [-0.39, 0.29) is 27.4 Å². The number of aromatic nitrogens is 4. The Labute approximate surface area is 189 Å². The largest absolute Gasteiger partial charge is 0.375 e. The molecule has 0 aliphatic heterocycles. The number of hydrogen-bond donors (Lipinski definition) is 2. The molecule has 0 fully saturated rings. The number of H-pyrrole nitrogens is 1. The monoisotopic (exact) mass is 467 g/mol. The molecular weight excluding hydrogens is 453 g/mol. The van der Waals surface area contributed by atoms with E-state index in [1.807, 2.05) is 17.5 Å². The Morgan fingerprint density at radius 3 is 2.56 bits per heavy atom. The quantitative estimate of drug-likeness (QED) is 0.414. The van der Waals surface area contributed by atoms with Gasteiger partial charge in [0.05, 0.1) is 16.9 Å². The maximum Gasteiger partial charge on any atom is 0.333 e. The fourth-order valence-electron chi connectivity index (χ4n) is 3.67. The van der Waals surface area contributed by atoms with Crippen LogP contribution in [0, 0.1) is 12.7 Å². The summed E-state index contributed by atoms with van der Waals surface area (Å²) in [5.41, 5.74) is 7.45. The summed E-state index contributed by atoms with van der Waals surface area (Å²) in [6.07, 6.45) is 0. The standard InChI is InChI=1S/C22H15ClFN5O2S/c1-11-14(24)3-2-4-17(11)29-20(30)19-15(27-22(29)31)9-18(23)28(19)13-7-5-12(6-8-13)16-10-32-21(25)26-16/h2-10H,1H3,(H2,25,26)(H,27,31). The summed E-state index contributed by atoms with van der Waals surface area (Å²) in [6, 6.07) is 13.0. The molecule has 0 aliphatic carbocycles. The van der Waals surface area contributed by atoms with Crippen LogP contribution in [0.25, 0.3) is 33.7 Å². The molecule has 0 aliphatic rings. The number of nitrogens with zero attached hydrogens (tertiary/aromatic N) is 3. The van der Waals surface area contributed by atoms with Crippen molar-refractivity contribution < 1.29 is 4.39 Å². The minimum absolute atomic E-state index is 0.165. The molecule has 0 amide bonds. The number of nitrogens with one attached hydrogen (secondary N) is 1. The zero-order valence-electron chi connectivity index (χ0n) is 16.6. The third kappa shape index (κ3) is 3.14. The Morgan fingerprint density at radius 2 is 1.88 bits per heavy atom. The molecule has 0 radical (unpaired) electrons. The molecule has 7 nitrogen and oxygen atoms in total. The van der Waals surface area contributed by atoms with Gasteiger partial charge in [0.2, 0.25) is 0 Å². The molecule has 3 aromatic heterocycles. The summed E-state index contributed by atoms with van der Waals surface area (Å²) in [4.78, 5) is 33.1. The molecule has 0 saturated heterocycles.